The highest BCUT2D eigenvalue weighted by molar-refractivity contribution is 5.83. The highest BCUT2D eigenvalue weighted by Crippen LogP contribution is 2.14. The molecule has 0 saturated heterocycles. The molecule has 3 aromatic rings. The first-order valence-corrected chi connectivity index (χ1v) is 6.53. The third-order valence-electron chi connectivity index (χ3n) is 3.22. The van der Waals surface area contributed by atoms with Gasteiger partial charge in [0.05, 0.1) is 6.42 Å². The van der Waals surface area contributed by atoms with Gasteiger partial charge in [-0.1, -0.05) is 12.1 Å². The molecule has 4 nitrogen and oxygen atoms in total. The van der Waals surface area contributed by atoms with Gasteiger partial charge in [0.15, 0.2) is 0 Å². The van der Waals surface area contributed by atoms with E-state index in [1.807, 2.05) is 42.6 Å². The molecule has 2 aromatic heterocycles. The molecule has 3 rings (SSSR count). The molecule has 4 heteroatoms. The van der Waals surface area contributed by atoms with E-state index >= 15 is 0 Å². The van der Waals surface area contributed by atoms with Gasteiger partial charge in [0, 0.05) is 30.7 Å². The van der Waals surface area contributed by atoms with Gasteiger partial charge in [0.25, 0.3) is 0 Å². The van der Waals surface area contributed by atoms with E-state index in [0.29, 0.717) is 13.0 Å². The number of nitrogens with zero attached hydrogens (tertiary/aromatic N) is 1. The second kappa shape index (κ2) is 5.57. The normalized spacial score (nSPS) is 10.6. The van der Waals surface area contributed by atoms with Crippen molar-refractivity contribution in [1.29, 1.82) is 0 Å². The molecule has 0 unspecified atom stereocenters. The van der Waals surface area contributed by atoms with Crippen LogP contribution in [0, 0.1) is 0 Å². The minimum atomic E-state index is 0.0210. The molecule has 0 bridgehead atoms. The predicted molar refractivity (Wildman–Crippen MR) is 78.1 cm³/mol. The Kier molecular flexibility index (Phi) is 3.46. The summed E-state index contributed by atoms with van der Waals surface area (Å²) in [4.78, 5) is 19.0. The monoisotopic (exact) mass is 265 g/mol. The Morgan fingerprint density at radius 1 is 1.10 bits per heavy atom. The van der Waals surface area contributed by atoms with Crippen LogP contribution in [0.25, 0.3) is 10.9 Å². The number of amides is 1. The van der Waals surface area contributed by atoms with E-state index in [2.05, 4.69) is 15.3 Å². The largest absolute Gasteiger partial charge is 0.361 e. The molecule has 0 spiro atoms. The van der Waals surface area contributed by atoms with Crippen molar-refractivity contribution in [3.63, 3.8) is 0 Å². The van der Waals surface area contributed by atoms with Crippen molar-refractivity contribution in [2.75, 3.05) is 0 Å². The Bertz CT molecular complexity index is 719. The lowest BCUT2D eigenvalue weighted by Gasteiger charge is -2.05. The van der Waals surface area contributed by atoms with Gasteiger partial charge in [-0.15, -0.1) is 0 Å². The molecule has 2 heterocycles. The second-order valence-electron chi connectivity index (χ2n) is 4.71. The fourth-order valence-electron chi connectivity index (χ4n) is 2.15. The molecule has 2 N–H and O–H groups in total. The van der Waals surface area contributed by atoms with Gasteiger partial charge < -0.3 is 10.3 Å². The molecular formula is C16H15N3O. The average Bonchev–Trinajstić information content (AvgIpc) is 2.94. The maximum absolute atomic E-state index is 11.9. The van der Waals surface area contributed by atoms with Gasteiger partial charge in [0.1, 0.15) is 0 Å². The Labute approximate surface area is 116 Å². The summed E-state index contributed by atoms with van der Waals surface area (Å²) in [7, 11) is 0. The summed E-state index contributed by atoms with van der Waals surface area (Å²) in [5.41, 5.74) is 3.12. The molecule has 0 aliphatic rings. The minimum Gasteiger partial charge on any atom is -0.361 e. The first-order chi connectivity index (χ1) is 9.81. The first-order valence-electron chi connectivity index (χ1n) is 6.53. The van der Waals surface area contributed by atoms with Gasteiger partial charge in [-0.05, 0) is 40.8 Å². The number of pyridine rings is 1. The fraction of sp³-hybridized carbons (Fsp3) is 0.125. The summed E-state index contributed by atoms with van der Waals surface area (Å²) in [5.74, 6) is 0.0210. The molecular weight excluding hydrogens is 250 g/mol. The van der Waals surface area contributed by atoms with Crippen LogP contribution < -0.4 is 5.32 Å². The summed E-state index contributed by atoms with van der Waals surface area (Å²) < 4.78 is 0. The van der Waals surface area contributed by atoms with Gasteiger partial charge in [0.2, 0.25) is 5.91 Å². The number of aromatic amines is 1. The maximum atomic E-state index is 11.9. The Balaban J connectivity index is 1.61. The lowest BCUT2D eigenvalue weighted by Crippen LogP contribution is -2.24. The number of benzene rings is 1. The van der Waals surface area contributed by atoms with Crippen LogP contribution >= 0.6 is 0 Å². The third-order valence-corrected chi connectivity index (χ3v) is 3.22. The number of aromatic nitrogens is 2. The van der Waals surface area contributed by atoms with Crippen molar-refractivity contribution in [2.24, 2.45) is 0 Å². The van der Waals surface area contributed by atoms with Crippen LogP contribution in [0.4, 0.5) is 0 Å². The zero-order valence-electron chi connectivity index (χ0n) is 11.0. The molecule has 0 fully saturated rings. The summed E-state index contributed by atoms with van der Waals surface area (Å²) in [6, 6.07) is 11.8. The number of hydrogen-bond donors (Lipinski definition) is 2. The molecule has 0 atom stereocenters. The highest BCUT2D eigenvalue weighted by Gasteiger charge is 2.04. The Morgan fingerprint density at radius 3 is 2.80 bits per heavy atom. The SMILES string of the molecule is O=C(Cc1ccc2cc[nH]c2c1)NCc1ccncc1. The zero-order valence-corrected chi connectivity index (χ0v) is 11.0. The summed E-state index contributed by atoms with van der Waals surface area (Å²) >= 11 is 0. The topological polar surface area (TPSA) is 57.8 Å². The van der Waals surface area contributed by atoms with Gasteiger partial charge in [-0.2, -0.15) is 0 Å². The summed E-state index contributed by atoms with van der Waals surface area (Å²) in [6.07, 6.45) is 5.74. The quantitative estimate of drug-likeness (QED) is 0.761. The van der Waals surface area contributed by atoms with Crippen molar-refractivity contribution < 1.29 is 4.79 Å². The van der Waals surface area contributed by atoms with Crippen LogP contribution in [-0.4, -0.2) is 15.9 Å². The molecule has 0 aliphatic heterocycles. The lowest BCUT2D eigenvalue weighted by molar-refractivity contribution is -0.120. The van der Waals surface area contributed by atoms with Crippen molar-refractivity contribution >= 4 is 16.8 Å². The number of hydrogen-bond acceptors (Lipinski definition) is 2. The average molecular weight is 265 g/mol. The number of carbonyl (C=O) groups is 1. The first kappa shape index (κ1) is 12.4. The van der Waals surface area contributed by atoms with Crippen LogP contribution in [0.15, 0.2) is 55.0 Å². The van der Waals surface area contributed by atoms with Crippen LogP contribution in [-0.2, 0) is 17.8 Å². The molecule has 0 aliphatic carbocycles. The van der Waals surface area contributed by atoms with Crippen LogP contribution in [0.3, 0.4) is 0 Å². The zero-order chi connectivity index (χ0) is 13.8. The standard InChI is InChI=1S/C16H15N3O/c20-16(19-11-12-3-6-17-7-4-12)10-13-1-2-14-5-8-18-15(14)9-13/h1-9,18H,10-11H2,(H,19,20). The second-order valence-corrected chi connectivity index (χ2v) is 4.71. The van der Waals surface area contributed by atoms with E-state index in [-0.39, 0.29) is 5.91 Å². The van der Waals surface area contributed by atoms with Crippen LogP contribution in [0.2, 0.25) is 0 Å². The Morgan fingerprint density at radius 2 is 1.95 bits per heavy atom. The van der Waals surface area contributed by atoms with E-state index in [9.17, 15) is 4.79 Å². The van der Waals surface area contributed by atoms with Crippen LogP contribution in [0.1, 0.15) is 11.1 Å². The molecule has 0 saturated carbocycles. The van der Waals surface area contributed by atoms with Gasteiger partial charge >= 0.3 is 0 Å². The predicted octanol–water partition coefficient (Wildman–Crippen LogP) is 2.42. The molecule has 100 valence electrons. The molecule has 1 aromatic carbocycles. The molecule has 20 heavy (non-hydrogen) atoms. The van der Waals surface area contributed by atoms with E-state index < -0.39 is 0 Å². The lowest BCUT2D eigenvalue weighted by atomic mass is 10.1. The Hall–Kier alpha value is -2.62. The minimum absolute atomic E-state index is 0.0210. The number of nitrogens with one attached hydrogen (secondary N) is 2. The van der Waals surface area contributed by atoms with Crippen molar-refractivity contribution in [2.45, 2.75) is 13.0 Å². The van der Waals surface area contributed by atoms with Crippen molar-refractivity contribution in [3.8, 4) is 0 Å². The summed E-state index contributed by atoms with van der Waals surface area (Å²) in [5, 5.41) is 4.07. The number of carbonyl (C=O) groups excluding carboxylic acids is 1. The fourth-order valence-corrected chi connectivity index (χ4v) is 2.15. The summed E-state index contributed by atoms with van der Waals surface area (Å²) in [6.45, 7) is 0.534. The highest BCUT2D eigenvalue weighted by atomic mass is 16.1. The molecule has 1 amide bonds. The maximum Gasteiger partial charge on any atom is 0.224 e. The number of fused-ring (bicyclic) bond motifs is 1. The number of rotatable bonds is 4. The van der Waals surface area contributed by atoms with E-state index in [1.165, 1.54) is 0 Å². The van der Waals surface area contributed by atoms with E-state index in [1.54, 1.807) is 12.4 Å². The van der Waals surface area contributed by atoms with Gasteiger partial charge in [-0.3, -0.25) is 9.78 Å². The molecule has 0 radical (unpaired) electrons. The third kappa shape index (κ3) is 2.85. The van der Waals surface area contributed by atoms with E-state index in [4.69, 9.17) is 0 Å². The number of H-pyrrole nitrogens is 1. The smallest absolute Gasteiger partial charge is 0.224 e. The van der Waals surface area contributed by atoms with Crippen molar-refractivity contribution in [1.82, 2.24) is 15.3 Å². The van der Waals surface area contributed by atoms with E-state index in [0.717, 1.165) is 22.0 Å². The van der Waals surface area contributed by atoms with Crippen LogP contribution in [0.5, 0.6) is 0 Å². The van der Waals surface area contributed by atoms with Gasteiger partial charge in [-0.25, -0.2) is 0 Å². The van der Waals surface area contributed by atoms with Crippen molar-refractivity contribution in [3.05, 3.63) is 66.1 Å².